The first-order valence-electron chi connectivity index (χ1n) is 7.85. The standard InChI is InChI=1S/C16H21N5O4/c1-3-25-14(22)10-18-16(23)17-9-8-13-19-15(21-20-13)11-4-6-12(24-2)7-5-11/h4-7H,3,8-10H2,1-2H3,(H2,17,18,23)(H,19,20,21). The summed E-state index contributed by atoms with van der Waals surface area (Å²) in [5, 5.41) is 12.0. The average molecular weight is 347 g/mol. The Morgan fingerprint density at radius 1 is 1.20 bits per heavy atom. The Hall–Kier alpha value is -3.10. The Labute approximate surface area is 145 Å². The van der Waals surface area contributed by atoms with E-state index in [-0.39, 0.29) is 13.2 Å². The average Bonchev–Trinajstić information content (AvgIpc) is 3.09. The van der Waals surface area contributed by atoms with Crippen LogP contribution >= 0.6 is 0 Å². The zero-order valence-electron chi connectivity index (χ0n) is 14.2. The Kier molecular flexibility index (Phi) is 6.76. The van der Waals surface area contributed by atoms with E-state index in [0.29, 0.717) is 24.6 Å². The van der Waals surface area contributed by atoms with Crippen molar-refractivity contribution in [2.45, 2.75) is 13.3 Å². The van der Waals surface area contributed by atoms with Gasteiger partial charge >= 0.3 is 12.0 Å². The van der Waals surface area contributed by atoms with E-state index in [1.807, 2.05) is 24.3 Å². The van der Waals surface area contributed by atoms with Crippen molar-refractivity contribution in [2.24, 2.45) is 0 Å². The van der Waals surface area contributed by atoms with Crippen LogP contribution in [-0.2, 0) is 16.0 Å². The van der Waals surface area contributed by atoms with Crippen molar-refractivity contribution in [3.05, 3.63) is 30.1 Å². The van der Waals surface area contributed by atoms with Gasteiger partial charge in [0.25, 0.3) is 0 Å². The minimum Gasteiger partial charge on any atom is -0.497 e. The molecule has 1 aromatic heterocycles. The van der Waals surface area contributed by atoms with Crippen molar-refractivity contribution in [2.75, 3.05) is 26.8 Å². The molecule has 0 unspecified atom stereocenters. The van der Waals surface area contributed by atoms with Crippen LogP contribution in [0.2, 0.25) is 0 Å². The topological polar surface area (TPSA) is 118 Å². The molecule has 0 aliphatic carbocycles. The number of amides is 2. The van der Waals surface area contributed by atoms with Gasteiger partial charge in [-0.05, 0) is 31.2 Å². The second kappa shape index (κ2) is 9.26. The molecule has 134 valence electrons. The number of hydrogen-bond acceptors (Lipinski definition) is 6. The van der Waals surface area contributed by atoms with E-state index in [0.717, 1.165) is 11.3 Å². The van der Waals surface area contributed by atoms with Gasteiger partial charge < -0.3 is 20.1 Å². The fourth-order valence-corrected chi connectivity index (χ4v) is 2.00. The number of nitrogens with zero attached hydrogens (tertiary/aromatic N) is 2. The number of carbonyl (C=O) groups excluding carboxylic acids is 2. The lowest BCUT2D eigenvalue weighted by molar-refractivity contribution is -0.141. The lowest BCUT2D eigenvalue weighted by atomic mass is 10.2. The molecule has 0 fully saturated rings. The second-order valence-electron chi connectivity index (χ2n) is 5.00. The summed E-state index contributed by atoms with van der Waals surface area (Å²) in [6, 6.07) is 6.96. The highest BCUT2D eigenvalue weighted by atomic mass is 16.5. The minimum atomic E-state index is -0.475. The molecular formula is C16H21N5O4. The number of benzene rings is 1. The largest absolute Gasteiger partial charge is 0.497 e. The maximum Gasteiger partial charge on any atom is 0.325 e. The summed E-state index contributed by atoms with van der Waals surface area (Å²) in [5.41, 5.74) is 0.864. The molecule has 3 N–H and O–H groups in total. The van der Waals surface area contributed by atoms with Crippen molar-refractivity contribution >= 4 is 12.0 Å². The van der Waals surface area contributed by atoms with Crippen LogP contribution in [0, 0.1) is 0 Å². The van der Waals surface area contributed by atoms with Gasteiger partial charge in [0.15, 0.2) is 5.82 Å². The molecule has 1 heterocycles. The van der Waals surface area contributed by atoms with Gasteiger partial charge in [-0.2, -0.15) is 5.10 Å². The van der Waals surface area contributed by atoms with E-state index in [9.17, 15) is 9.59 Å². The normalized spacial score (nSPS) is 10.2. The molecule has 0 aliphatic heterocycles. The van der Waals surface area contributed by atoms with Gasteiger partial charge in [0.2, 0.25) is 0 Å². The van der Waals surface area contributed by atoms with Gasteiger partial charge in [-0.25, -0.2) is 9.78 Å². The van der Waals surface area contributed by atoms with Crippen LogP contribution in [0.15, 0.2) is 24.3 Å². The zero-order chi connectivity index (χ0) is 18.1. The summed E-state index contributed by atoms with van der Waals surface area (Å²) >= 11 is 0. The van der Waals surface area contributed by atoms with E-state index in [1.54, 1.807) is 14.0 Å². The molecule has 0 atom stereocenters. The van der Waals surface area contributed by atoms with Crippen LogP contribution in [0.4, 0.5) is 4.79 Å². The summed E-state index contributed by atoms with van der Waals surface area (Å²) in [6.45, 7) is 2.18. The van der Waals surface area contributed by atoms with Crippen LogP contribution in [0.1, 0.15) is 12.7 Å². The molecule has 9 heteroatoms. The second-order valence-corrected chi connectivity index (χ2v) is 5.00. The summed E-state index contributed by atoms with van der Waals surface area (Å²) in [5.74, 6) is 1.51. The van der Waals surface area contributed by atoms with E-state index in [1.165, 1.54) is 0 Å². The highest BCUT2D eigenvalue weighted by molar-refractivity contribution is 5.80. The first-order chi connectivity index (χ1) is 12.1. The number of ether oxygens (including phenoxy) is 2. The lowest BCUT2D eigenvalue weighted by Crippen LogP contribution is -2.39. The number of nitrogens with one attached hydrogen (secondary N) is 3. The molecule has 0 saturated carbocycles. The van der Waals surface area contributed by atoms with Crippen LogP contribution in [0.25, 0.3) is 11.4 Å². The molecule has 1 aromatic carbocycles. The minimum absolute atomic E-state index is 0.163. The van der Waals surface area contributed by atoms with E-state index in [2.05, 4.69) is 25.8 Å². The summed E-state index contributed by atoms with van der Waals surface area (Å²) < 4.78 is 9.82. The van der Waals surface area contributed by atoms with Gasteiger partial charge in [0.1, 0.15) is 18.1 Å². The fourth-order valence-electron chi connectivity index (χ4n) is 2.00. The molecule has 9 nitrogen and oxygen atoms in total. The third-order valence-electron chi connectivity index (χ3n) is 3.23. The predicted octanol–water partition coefficient (Wildman–Crippen LogP) is 0.885. The first kappa shape index (κ1) is 18.2. The van der Waals surface area contributed by atoms with Gasteiger partial charge in [-0.1, -0.05) is 0 Å². The summed E-state index contributed by atoms with van der Waals surface area (Å²) in [4.78, 5) is 27.0. The quantitative estimate of drug-likeness (QED) is 0.610. The molecule has 0 spiro atoms. The van der Waals surface area contributed by atoms with Crippen molar-refractivity contribution < 1.29 is 19.1 Å². The van der Waals surface area contributed by atoms with Crippen LogP contribution < -0.4 is 15.4 Å². The number of carbonyl (C=O) groups is 2. The van der Waals surface area contributed by atoms with Crippen molar-refractivity contribution in [3.8, 4) is 17.1 Å². The van der Waals surface area contributed by atoms with E-state index >= 15 is 0 Å². The van der Waals surface area contributed by atoms with Crippen LogP contribution in [-0.4, -0.2) is 54.0 Å². The summed E-state index contributed by atoms with van der Waals surface area (Å²) in [6.07, 6.45) is 0.482. The van der Waals surface area contributed by atoms with Crippen LogP contribution in [0.5, 0.6) is 5.75 Å². The molecule has 0 radical (unpaired) electrons. The number of rotatable bonds is 8. The van der Waals surface area contributed by atoms with Gasteiger partial charge in [-0.15, -0.1) is 0 Å². The number of H-pyrrole nitrogens is 1. The Morgan fingerprint density at radius 2 is 1.96 bits per heavy atom. The molecule has 25 heavy (non-hydrogen) atoms. The fraction of sp³-hybridized carbons (Fsp3) is 0.375. The number of methoxy groups -OCH3 is 1. The zero-order valence-corrected chi connectivity index (χ0v) is 14.2. The van der Waals surface area contributed by atoms with Gasteiger partial charge in [0.05, 0.1) is 13.7 Å². The Balaban J connectivity index is 1.75. The number of aromatic nitrogens is 3. The molecule has 2 rings (SSSR count). The lowest BCUT2D eigenvalue weighted by Gasteiger charge is -2.06. The molecular weight excluding hydrogens is 326 g/mol. The van der Waals surface area contributed by atoms with Gasteiger partial charge in [0, 0.05) is 18.5 Å². The SMILES string of the molecule is CCOC(=O)CNC(=O)NCCc1nc(-c2ccc(OC)cc2)n[nH]1. The number of urea groups is 1. The third kappa shape index (κ3) is 5.79. The maximum atomic E-state index is 11.5. The van der Waals surface area contributed by atoms with Crippen molar-refractivity contribution in [1.82, 2.24) is 25.8 Å². The highest BCUT2D eigenvalue weighted by Gasteiger charge is 2.08. The molecule has 0 aliphatic rings. The Bertz CT molecular complexity index is 699. The highest BCUT2D eigenvalue weighted by Crippen LogP contribution is 2.18. The number of hydrogen-bond donors (Lipinski definition) is 3. The van der Waals surface area contributed by atoms with Crippen LogP contribution in [0.3, 0.4) is 0 Å². The maximum absolute atomic E-state index is 11.5. The van der Waals surface area contributed by atoms with Crippen molar-refractivity contribution in [1.29, 1.82) is 0 Å². The van der Waals surface area contributed by atoms with E-state index in [4.69, 9.17) is 9.47 Å². The van der Waals surface area contributed by atoms with E-state index < -0.39 is 12.0 Å². The number of aromatic amines is 1. The molecule has 2 amide bonds. The third-order valence-corrected chi connectivity index (χ3v) is 3.23. The predicted molar refractivity (Wildman–Crippen MR) is 90.1 cm³/mol. The molecule has 2 aromatic rings. The van der Waals surface area contributed by atoms with Crippen molar-refractivity contribution in [3.63, 3.8) is 0 Å². The monoisotopic (exact) mass is 347 g/mol. The number of esters is 1. The molecule has 0 saturated heterocycles. The van der Waals surface area contributed by atoms with Gasteiger partial charge in [-0.3, -0.25) is 9.89 Å². The smallest absolute Gasteiger partial charge is 0.325 e. The molecule has 0 bridgehead atoms. The summed E-state index contributed by atoms with van der Waals surface area (Å²) in [7, 11) is 1.61. The first-order valence-corrected chi connectivity index (χ1v) is 7.85. The Morgan fingerprint density at radius 3 is 2.64 bits per heavy atom.